The molecule has 2 aromatic rings. The monoisotopic (exact) mass is 599 g/mol. The number of hydrogen-bond donors (Lipinski definition) is 1. The molecule has 0 atom stereocenters. The van der Waals surface area contributed by atoms with Gasteiger partial charge in [-0.2, -0.15) is 0 Å². The number of rotatable bonds is 7. The lowest BCUT2D eigenvalue weighted by Gasteiger charge is -2.29. The minimum absolute atomic E-state index is 0.0110. The summed E-state index contributed by atoms with van der Waals surface area (Å²) >= 11 is 0. The van der Waals surface area contributed by atoms with Crippen molar-refractivity contribution in [2.75, 3.05) is 13.1 Å². The minimum Gasteiger partial charge on any atom is -0.444 e. The van der Waals surface area contributed by atoms with Crippen molar-refractivity contribution in [2.45, 2.75) is 94.7 Å². The molecule has 0 aliphatic carbocycles. The van der Waals surface area contributed by atoms with Gasteiger partial charge < -0.3 is 15.0 Å². The van der Waals surface area contributed by atoms with E-state index in [9.17, 15) is 9.59 Å². The van der Waals surface area contributed by atoms with Crippen LogP contribution >= 0.6 is 0 Å². The standard InChI is InChI=1S/C36H49N5O3/c1-23-18-29(12-13-30(23)21-38-33(42)27(5)37-20-25(3)35(6,7)8)32-26(4)31(39-22-40-32)19-24(2)28-14-16-41(17-15-28)34(43)44-36(9,10)11/h12-14,18-20,22H,15-17,21H2,1-11H3,(H,38,42)/b24-19+,25-20+,37-27+. The molecule has 44 heavy (non-hydrogen) atoms. The molecule has 1 aliphatic rings. The van der Waals surface area contributed by atoms with Crippen molar-refractivity contribution in [3.63, 3.8) is 0 Å². The molecule has 0 spiro atoms. The van der Waals surface area contributed by atoms with E-state index in [1.54, 1.807) is 24.4 Å². The van der Waals surface area contributed by atoms with Crippen LogP contribution in [-0.4, -0.2) is 51.3 Å². The first-order valence-electron chi connectivity index (χ1n) is 15.2. The Morgan fingerprint density at radius 1 is 1.07 bits per heavy atom. The third-order valence-corrected chi connectivity index (χ3v) is 7.86. The second kappa shape index (κ2) is 14.1. The Balaban J connectivity index is 1.71. The number of nitrogens with one attached hydrogen (secondary N) is 1. The van der Waals surface area contributed by atoms with E-state index >= 15 is 0 Å². The highest BCUT2D eigenvalue weighted by Crippen LogP contribution is 2.28. The number of aryl methyl sites for hydroxylation is 1. The summed E-state index contributed by atoms with van der Waals surface area (Å²) in [6.07, 6.45) is 8.04. The molecule has 2 heterocycles. The Labute approximate surface area is 263 Å². The highest BCUT2D eigenvalue weighted by atomic mass is 16.6. The summed E-state index contributed by atoms with van der Waals surface area (Å²) in [5.74, 6) is -0.185. The molecule has 8 nitrogen and oxygen atoms in total. The van der Waals surface area contributed by atoms with Crippen molar-refractivity contribution in [3.8, 4) is 11.3 Å². The number of aromatic nitrogens is 2. The zero-order chi connectivity index (χ0) is 32.8. The summed E-state index contributed by atoms with van der Waals surface area (Å²) in [5.41, 5.74) is 9.18. The molecule has 1 aliphatic heterocycles. The van der Waals surface area contributed by atoms with Crippen LogP contribution in [-0.2, 0) is 16.1 Å². The van der Waals surface area contributed by atoms with Crippen molar-refractivity contribution in [2.24, 2.45) is 10.4 Å². The second-order valence-corrected chi connectivity index (χ2v) is 13.6. The smallest absolute Gasteiger partial charge is 0.410 e. The van der Waals surface area contributed by atoms with Crippen molar-refractivity contribution >= 4 is 23.8 Å². The molecule has 1 aromatic heterocycles. The average molecular weight is 600 g/mol. The summed E-state index contributed by atoms with van der Waals surface area (Å²) < 4.78 is 5.51. The summed E-state index contributed by atoms with van der Waals surface area (Å²) in [6, 6.07) is 6.17. The van der Waals surface area contributed by atoms with Crippen molar-refractivity contribution in [1.82, 2.24) is 20.2 Å². The SMILES string of the molecule is C/C(=C\c1ncnc(-c2ccc(CNC(=O)/C(C)=N/C=C(\C)C(C)(C)C)c(C)c2)c1C)C1=CCN(C(=O)OC(C)(C)C)CC1. The van der Waals surface area contributed by atoms with Gasteiger partial charge in [0.1, 0.15) is 17.6 Å². The minimum atomic E-state index is -0.509. The van der Waals surface area contributed by atoms with Gasteiger partial charge in [0.15, 0.2) is 0 Å². The highest BCUT2D eigenvalue weighted by Gasteiger charge is 2.24. The van der Waals surface area contributed by atoms with Gasteiger partial charge >= 0.3 is 6.09 Å². The van der Waals surface area contributed by atoms with E-state index < -0.39 is 5.60 Å². The van der Waals surface area contributed by atoms with Crippen LogP contribution in [0, 0.1) is 19.3 Å². The maximum Gasteiger partial charge on any atom is 0.410 e. The Morgan fingerprint density at radius 2 is 1.77 bits per heavy atom. The van der Waals surface area contributed by atoms with Gasteiger partial charge in [-0.05, 0) is 107 Å². The number of nitrogens with zero attached hydrogens (tertiary/aromatic N) is 4. The quantitative estimate of drug-likeness (QED) is 0.328. The third kappa shape index (κ3) is 9.46. The fourth-order valence-corrected chi connectivity index (χ4v) is 4.51. The van der Waals surface area contributed by atoms with Gasteiger partial charge in [0.05, 0.1) is 11.4 Å². The van der Waals surface area contributed by atoms with E-state index in [1.807, 2.05) is 53.7 Å². The second-order valence-electron chi connectivity index (χ2n) is 13.6. The van der Waals surface area contributed by atoms with Crippen LogP contribution in [0.15, 0.2) is 58.5 Å². The Morgan fingerprint density at radius 3 is 2.36 bits per heavy atom. The molecule has 3 rings (SSSR count). The number of carbonyl (C=O) groups is 2. The molecule has 0 radical (unpaired) electrons. The Bertz CT molecular complexity index is 1520. The predicted octanol–water partition coefficient (Wildman–Crippen LogP) is 7.76. The average Bonchev–Trinajstić information content (AvgIpc) is 2.94. The lowest BCUT2D eigenvalue weighted by molar-refractivity contribution is -0.115. The van der Waals surface area contributed by atoms with E-state index in [2.05, 4.69) is 66.2 Å². The maximum absolute atomic E-state index is 12.6. The zero-order valence-electron chi connectivity index (χ0n) is 28.4. The molecule has 0 saturated carbocycles. The topological polar surface area (TPSA) is 96.8 Å². The van der Waals surface area contributed by atoms with Crippen LogP contribution in [0.2, 0.25) is 0 Å². The molecular formula is C36H49N5O3. The van der Waals surface area contributed by atoms with Gasteiger partial charge in [-0.15, -0.1) is 0 Å². The fourth-order valence-electron chi connectivity index (χ4n) is 4.51. The van der Waals surface area contributed by atoms with E-state index in [0.717, 1.165) is 51.2 Å². The number of amides is 2. The molecule has 1 N–H and O–H groups in total. The van der Waals surface area contributed by atoms with Crippen LogP contribution in [0.4, 0.5) is 4.79 Å². The van der Waals surface area contributed by atoms with Gasteiger partial charge in [0.2, 0.25) is 0 Å². The number of aliphatic imine (C=N–C) groups is 1. The number of benzene rings is 1. The first-order chi connectivity index (χ1) is 20.5. The summed E-state index contributed by atoms with van der Waals surface area (Å²) in [7, 11) is 0. The molecule has 0 bridgehead atoms. The maximum atomic E-state index is 12.6. The highest BCUT2D eigenvalue weighted by molar-refractivity contribution is 6.38. The van der Waals surface area contributed by atoms with Crippen LogP contribution < -0.4 is 5.32 Å². The fraction of sp³-hybridized carbons (Fsp3) is 0.472. The molecule has 1 aromatic carbocycles. The van der Waals surface area contributed by atoms with Crippen molar-refractivity contribution < 1.29 is 14.3 Å². The van der Waals surface area contributed by atoms with Crippen molar-refractivity contribution in [1.29, 1.82) is 0 Å². The molecule has 2 amide bonds. The summed E-state index contributed by atoms with van der Waals surface area (Å²) in [4.78, 5) is 40.3. The summed E-state index contributed by atoms with van der Waals surface area (Å²) in [6.45, 7) is 23.5. The Kier molecular flexibility index (Phi) is 11.1. The molecule has 0 unspecified atom stereocenters. The number of allylic oxidation sites excluding steroid dienone is 2. The molecular weight excluding hydrogens is 550 g/mol. The van der Waals surface area contributed by atoms with Gasteiger partial charge in [-0.1, -0.05) is 39.0 Å². The molecule has 236 valence electrons. The van der Waals surface area contributed by atoms with Gasteiger partial charge in [-0.3, -0.25) is 9.79 Å². The van der Waals surface area contributed by atoms with Gasteiger partial charge in [0, 0.05) is 37.0 Å². The van der Waals surface area contributed by atoms with Crippen LogP contribution in [0.1, 0.15) is 91.1 Å². The van der Waals surface area contributed by atoms with Crippen molar-refractivity contribution in [3.05, 3.63) is 75.9 Å². The Hall–Kier alpha value is -4.07. The van der Waals surface area contributed by atoms with Crippen LogP contribution in [0.3, 0.4) is 0 Å². The predicted molar refractivity (Wildman–Crippen MR) is 179 cm³/mol. The van der Waals surface area contributed by atoms with Gasteiger partial charge in [-0.25, -0.2) is 14.8 Å². The number of carbonyl (C=O) groups excluding carboxylic acids is 2. The molecule has 0 fully saturated rings. The summed E-state index contributed by atoms with van der Waals surface area (Å²) in [5, 5.41) is 2.99. The van der Waals surface area contributed by atoms with Gasteiger partial charge in [0.25, 0.3) is 5.91 Å². The van der Waals surface area contributed by atoms with Crippen LogP contribution in [0.25, 0.3) is 17.3 Å². The lowest BCUT2D eigenvalue weighted by atomic mass is 9.88. The molecule has 0 saturated heterocycles. The lowest BCUT2D eigenvalue weighted by Crippen LogP contribution is -2.39. The normalized spacial score (nSPS) is 15.2. The van der Waals surface area contributed by atoms with E-state index in [1.165, 1.54) is 5.57 Å². The van der Waals surface area contributed by atoms with E-state index in [-0.39, 0.29) is 17.4 Å². The van der Waals surface area contributed by atoms with E-state index in [0.29, 0.717) is 25.3 Å². The number of ether oxygens (including phenoxy) is 1. The zero-order valence-corrected chi connectivity index (χ0v) is 28.4. The largest absolute Gasteiger partial charge is 0.444 e. The first kappa shape index (κ1) is 34.4. The third-order valence-electron chi connectivity index (χ3n) is 7.86. The van der Waals surface area contributed by atoms with E-state index in [4.69, 9.17) is 4.74 Å². The van der Waals surface area contributed by atoms with Crippen LogP contribution in [0.5, 0.6) is 0 Å². The number of hydrogen-bond acceptors (Lipinski definition) is 6. The molecule has 8 heteroatoms. The first-order valence-corrected chi connectivity index (χ1v) is 15.2.